The first-order valence-electron chi connectivity index (χ1n) is 10.4. The van der Waals surface area contributed by atoms with Gasteiger partial charge in [-0.15, -0.1) is 0 Å². The summed E-state index contributed by atoms with van der Waals surface area (Å²) in [6.45, 7) is 6.22. The van der Waals surface area contributed by atoms with Gasteiger partial charge in [0.2, 0.25) is 5.95 Å². The first-order valence-corrected chi connectivity index (χ1v) is 12.3. The number of sulfone groups is 1. The number of hydrogen-bond acceptors (Lipinski definition) is 8. The van der Waals surface area contributed by atoms with E-state index >= 15 is 0 Å². The molecule has 0 bridgehead atoms. The fourth-order valence-electron chi connectivity index (χ4n) is 3.73. The molecule has 2 aromatic heterocycles. The minimum absolute atomic E-state index is 0.124. The quantitative estimate of drug-likeness (QED) is 0.452. The van der Waals surface area contributed by atoms with Gasteiger partial charge in [-0.05, 0) is 36.1 Å². The molecule has 4 rings (SSSR count). The van der Waals surface area contributed by atoms with Crippen molar-refractivity contribution in [3.63, 3.8) is 0 Å². The maximum atomic E-state index is 12.2. The fourth-order valence-corrected chi connectivity index (χ4v) is 4.61. The Labute approximate surface area is 192 Å². The van der Waals surface area contributed by atoms with Crippen LogP contribution >= 0.6 is 0 Å². The van der Waals surface area contributed by atoms with E-state index in [4.69, 9.17) is 10.3 Å². The number of nitrogens with two attached hydrogens (primary N) is 1. The molecule has 2 aromatic carbocycles. The lowest BCUT2D eigenvalue weighted by Gasteiger charge is -2.31. The van der Waals surface area contributed by atoms with E-state index < -0.39 is 15.3 Å². The zero-order valence-corrected chi connectivity index (χ0v) is 19.7. The number of aromatic nitrogens is 4. The molecule has 8 nitrogen and oxygen atoms in total. The van der Waals surface area contributed by atoms with E-state index in [1.165, 1.54) is 6.07 Å². The fraction of sp³-hybridized carbons (Fsp3) is 0.250. The number of hydrogen-bond donors (Lipinski definition) is 1. The lowest BCUT2D eigenvalue weighted by molar-refractivity contribution is 0.350. The molecule has 0 aliphatic rings. The summed E-state index contributed by atoms with van der Waals surface area (Å²) in [5.41, 5.74) is 8.23. The Hall–Kier alpha value is -3.59. The molecule has 0 radical (unpaired) electrons. The zero-order chi connectivity index (χ0) is 23.8. The van der Waals surface area contributed by atoms with E-state index in [1.807, 2.05) is 24.3 Å². The molecule has 0 aliphatic carbocycles. The van der Waals surface area contributed by atoms with Gasteiger partial charge in [0.15, 0.2) is 15.7 Å². The molecular weight excluding hydrogens is 438 g/mol. The molecule has 2 N–H and O–H groups in total. The molecule has 9 heteroatoms. The van der Waals surface area contributed by atoms with Crippen LogP contribution < -0.4 is 5.73 Å². The van der Waals surface area contributed by atoms with Crippen molar-refractivity contribution in [2.75, 3.05) is 12.0 Å². The van der Waals surface area contributed by atoms with E-state index in [-0.39, 0.29) is 22.7 Å². The Kier molecular flexibility index (Phi) is 5.75. The molecule has 1 atom stereocenters. The van der Waals surface area contributed by atoms with Crippen molar-refractivity contribution in [3.05, 3.63) is 72.3 Å². The first kappa shape index (κ1) is 22.6. The minimum atomic E-state index is -3.46. The summed E-state index contributed by atoms with van der Waals surface area (Å²) in [4.78, 5) is 12.9. The summed E-state index contributed by atoms with van der Waals surface area (Å²) in [5.74, 6) is 1.01. The largest absolute Gasteiger partial charge is 0.368 e. The summed E-state index contributed by atoms with van der Waals surface area (Å²) in [6.07, 6.45) is 4.53. The van der Waals surface area contributed by atoms with Crippen molar-refractivity contribution in [3.8, 4) is 22.6 Å². The average molecular weight is 464 g/mol. The first-order chi connectivity index (χ1) is 15.6. The van der Waals surface area contributed by atoms with Crippen LogP contribution in [0.1, 0.15) is 32.2 Å². The highest BCUT2D eigenvalue weighted by atomic mass is 32.2. The number of nitrogens with zero attached hydrogens (tertiary/aromatic N) is 4. The highest BCUT2D eigenvalue weighted by Gasteiger charge is 2.38. The van der Waals surface area contributed by atoms with E-state index in [9.17, 15) is 8.42 Å². The highest BCUT2D eigenvalue weighted by molar-refractivity contribution is 7.90. The lowest BCUT2D eigenvalue weighted by atomic mass is 9.72. The molecule has 1 unspecified atom stereocenters. The van der Waals surface area contributed by atoms with Crippen molar-refractivity contribution in [1.29, 1.82) is 0 Å². The van der Waals surface area contributed by atoms with Crippen molar-refractivity contribution in [2.24, 2.45) is 5.92 Å². The van der Waals surface area contributed by atoms with Crippen LogP contribution in [0.5, 0.6) is 0 Å². The van der Waals surface area contributed by atoms with E-state index in [0.717, 1.165) is 22.9 Å². The molecule has 2 heterocycles. The van der Waals surface area contributed by atoms with Gasteiger partial charge in [-0.1, -0.05) is 55.4 Å². The average Bonchev–Trinajstić information content (AvgIpc) is 3.29. The van der Waals surface area contributed by atoms with Crippen LogP contribution in [0.25, 0.3) is 22.6 Å². The maximum Gasteiger partial charge on any atom is 0.259 e. The second-order valence-corrected chi connectivity index (χ2v) is 10.4. The van der Waals surface area contributed by atoms with Gasteiger partial charge in [0, 0.05) is 24.2 Å². The Bertz CT molecular complexity index is 1380. The Morgan fingerprint density at radius 3 is 2.21 bits per heavy atom. The summed E-state index contributed by atoms with van der Waals surface area (Å²) >= 11 is 0. The molecule has 0 saturated carbocycles. The van der Waals surface area contributed by atoms with Crippen molar-refractivity contribution in [2.45, 2.75) is 31.1 Å². The highest BCUT2D eigenvalue weighted by Crippen LogP contribution is 2.39. The normalized spacial score (nSPS) is 13.7. The van der Waals surface area contributed by atoms with Crippen LogP contribution in [-0.4, -0.2) is 34.8 Å². The number of anilines is 1. The van der Waals surface area contributed by atoms with E-state index in [1.54, 1.807) is 30.6 Å². The number of benzene rings is 2. The molecular formula is C24H25N5O3S. The van der Waals surface area contributed by atoms with Crippen LogP contribution in [0.2, 0.25) is 0 Å². The zero-order valence-electron chi connectivity index (χ0n) is 18.9. The predicted octanol–water partition coefficient (Wildman–Crippen LogP) is 4.14. The Morgan fingerprint density at radius 1 is 0.970 bits per heavy atom. The van der Waals surface area contributed by atoms with Gasteiger partial charge in [-0.2, -0.15) is 4.98 Å². The standard InChI is InChI=1S/C24H25N5O3S/c1-15(2)24(3,18-11-9-16(10-12-18)17-13-26-23(25)27-14-17)22-28-21(32-29-22)19-7-5-6-8-20(19)33(4,30)31/h5-15H,1-4H3,(H2,25,26,27). The molecule has 0 amide bonds. The van der Waals surface area contributed by atoms with Crippen LogP contribution in [0.4, 0.5) is 5.95 Å². The summed E-state index contributed by atoms with van der Waals surface area (Å²) in [7, 11) is -3.46. The van der Waals surface area contributed by atoms with Crippen LogP contribution in [-0.2, 0) is 15.3 Å². The van der Waals surface area contributed by atoms with Crippen LogP contribution in [0.15, 0.2) is 70.3 Å². The van der Waals surface area contributed by atoms with Gasteiger partial charge in [0.05, 0.1) is 15.9 Å². The third kappa shape index (κ3) is 4.23. The van der Waals surface area contributed by atoms with Gasteiger partial charge < -0.3 is 10.3 Å². The molecule has 0 saturated heterocycles. The smallest absolute Gasteiger partial charge is 0.259 e. The van der Waals surface area contributed by atoms with Crippen LogP contribution in [0.3, 0.4) is 0 Å². The SMILES string of the molecule is CC(C)C(C)(c1ccc(-c2cnc(N)nc2)cc1)c1noc(-c2ccccc2S(C)(=O)=O)n1. The third-order valence-corrected chi connectivity index (χ3v) is 7.21. The predicted molar refractivity (Wildman–Crippen MR) is 126 cm³/mol. The lowest BCUT2D eigenvalue weighted by Crippen LogP contribution is -2.31. The van der Waals surface area contributed by atoms with E-state index in [2.05, 4.69) is 40.9 Å². The summed E-state index contributed by atoms with van der Waals surface area (Å²) < 4.78 is 30.0. The van der Waals surface area contributed by atoms with Crippen molar-refractivity contribution in [1.82, 2.24) is 20.1 Å². The minimum Gasteiger partial charge on any atom is -0.368 e. The third-order valence-electron chi connectivity index (χ3n) is 6.05. The Balaban J connectivity index is 1.74. The van der Waals surface area contributed by atoms with Gasteiger partial charge in [0.1, 0.15) is 0 Å². The Morgan fingerprint density at radius 2 is 1.61 bits per heavy atom. The monoisotopic (exact) mass is 463 g/mol. The van der Waals surface area contributed by atoms with Crippen molar-refractivity contribution >= 4 is 15.8 Å². The van der Waals surface area contributed by atoms with Gasteiger partial charge in [0.25, 0.3) is 5.89 Å². The van der Waals surface area contributed by atoms with Gasteiger partial charge in [-0.3, -0.25) is 0 Å². The maximum absolute atomic E-state index is 12.2. The molecule has 170 valence electrons. The van der Waals surface area contributed by atoms with Crippen molar-refractivity contribution < 1.29 is 12.9 Å². The summed E-state index contributed by atoms with van der Waals surface area (Å²) in [5, 5.41) is 4.26. The molecule has 4 aromatic rings. The topological polar surface area (TPSA) is 125 Å². The van der Waals surface area contributed by atoms with Gasteiger partial charge >= 0.3 is 0 Å². The number of nitrogen functional groups attached to an aromatic ring is 1. The molecule has 0 spiro atoms. The van der Waals surface area contributed by atoms with Crippen LogP contribution in [0, 0.1) is 5.92 Å². The second-order valence-electron chi connectivity index (χ2n) is 8.46. The van der Waals surface area contributed by atoms with E-state index in [0.29, 0.717) is 11.4 Å². The molecule has 0 fully saturated rings. The van der Waals surface area contributed by atoms with Gasteiger partial charge in [-0.25, -0.2) is 18.4 Å². The summed E-state index contributed by atoms with van der Waals surface area (Å²) in [6, 6.07) is 14.6. The molecule has 33 heavy (non-hydrogen) atoms. The second kappa shape index (κ2) is 8.40. The number of rotatable bonds is 6. The molecule has 0 aliphatic heterocycles.